The maximum Gasteiger partial charge on any atom is 0.219 e. The number of nitrogens with zero attached hydrogens (tertiary/aromatic N) is 2. The summed E-state index contributed by atoms with van der Waals surface area (Å²) in [5.74, 6) is 1.90. The third-order valence-corrected chi connectivity index (χ3v) is 1.70. The van der Waals surface area contributed by atoms with Gasteiger partial charge in [0.2, 0.25) is 5.95 Å². The van der Waals surface area contributed by atoms with E-state index in [1.807, 2.05) is 19.1 Å². The lowest BCUT2D eigenvalue weighted by Crippen LogP contribution is -1.92. The Balaban J connectivity index is 2.41. The van der Waals surface area contributed by atoms with Gasteiger partial charge in [0.25, 0.3) is 0 Å². The first kappa shape index (κ1) is 7.79. The molecule has 0 spiro atoms. The Bertz CT molecular complexity index is 405. The van der Waals surface area contributed by atoms with Crippen molar-refractivity contribution in [2.24, 2.45) is 0 Å². The SMILES string of the molecule is Cc1ccc(-c2cnc(N)nc2)o1. The predicted molar refractivity (Wildman–Crippen MR) is 48.9 cm³/mol. The van der Waals surface area contributed by atoms with Gasteiger partial charge in [-0.05, 0) is 19.1 Å². The second kappa shape index (κ2) is 2.90. The van der Waals surface area contributed by atoms with Crippen LogP contribution in [0.4, 0.5) is 5.95 Å². The normalized spacial score (nSPS) is 10.2. The van der Waals surface area contributed by atoms with Crippen molar-refractivity contribution in [3.63, 3.8) is 0 Å². The molecule has 0 saturated heterocycles. The van der Waals surface area contributed by atoms with Crippen molar-refractivity contribution in [1.29, 1.82) is 0 Å². The molecule has 66 valence electrons. The molecule has 0 aliphatic heterocycles. The fourth-order valence-corrected chi connectivity index (χ4v) is 1.05. The van der Waals surface area contributed by atoms with Crippen molar-refractivity contribution in [1.82, 2.24) is 9.97 Å². The van der Waals surface area contributed by atoms with Gasteiger partial charge in [-0.2, -0.15) is 0 Å². The minimum absolute atomic E-state index is 0.270. The molecule has 2 aromatic rings. The van der Waals surface area contributed by atoms with E-state index >= 15 is 0 Å². The highest BCUT2D eigenvalue weighted by Crippen LogP contribution is 2.19. The van der Waals surface area contributed by atoms with Gasteiger partial charge in [-0.15, -0.1) is 0 Å². The molecule has 13 heavy (non-hydrogen) atoms. The fraction of sp³-hybridized carbons (Fsp3) is 0.111. The van der Waals surface area contributed by atoms with Crippen LogP contribution in [0.15, 0.2) is 28.9 Å². The topological polar surface area (TPSA) is 64.9 Å². The van der Waals surface area contributed by atoms with Crippen LogP contribution in [0.1, 0.15) is 5.76 Å². The first-order valence-electron chi connectivity index (χ1n) is 3.90. The number of rotatable bonds is 1. The summed E-state index contributed by atoms with van der Waals surface area (Å²) in [5.41, 5.74) is 6.19. The van der Waals surface area contributed by atoms with Crippen LogP contribution in [0.25, 0.3) is 11.3 Å². The summed E-state index contributed by atoms with van der Waals surface area (Å²) in [6, 6.07) is 3.77. The van der Waals surface area contributed by atoms with E-state index in [1.54, 1.807) is 12.4 Å². The van der Waals surface area contributed by atoms with E-state index in [2.05, 4.69) is 9.97 Å². The predicted octanol–water partition coefficient (Wildman–Crippen LogP) is 1.63. The van der Waals surface area contributed by atoms with E-state index in [0.717, 1.165) is 17.1 Å². The average molecular weight is 175 g/mol. The van der Waals surface area contributed by atoms with Crippen LogP contribution < -0.4 is 5.73 Å². The molecule has 0 aromatic carbocycles. The molecule has 0 saturated carbocycles. The molecule has 0 bridgehead atoms. The third-order valence-electron chi connectivity index (χ3n) is 1.70. The zero-order valence-corrected chi connectivity index (χ0v) is 7.19. The highest BCUT2D eigenvalue weighted by Gasteiger charge is 2.02. The number of furan rings is 1. The maximum absolute atomic E-state index is 5.39. The first-order valence-corrected chi connectivity index (χ1v) is 3.90. The van der Waals surface area contributed by atoms with Crippen LogP contribution in [0.5, 0.6) is 0 Å². The van der Waals surface area contributed by atoms with Crippen LogP contribution >= 0.6 is 0 Å². The van der Waals surface area contributed by atoms with E-state index < -0.39 is 0 Å². The lowest BCUT2D eigenvalue weighted by atomic mass is 10.3. The maximum atomic E-state index is 5.39. The van der Waals surface area contributed by atoms with E-state index in [4.69, 9.17) is 10.2 Å². The van der Waals surface area contributed by atoms with Gasteiger partial charge in [0.05, 0.1) is 5.56 Å². The Morgan fingerprint density at radius 1 is 1.23 bits per heavy atom. The number of aromatic nitrogens is 2. The van der Waals surface area contributed by atoms with E-state index in [-0.39, 0.29) is 5.95 Å². The van der Waals surface area contributed by atoms with Crippen molar-refractivity contribution in [3.05, 3.63) is 30.3 Å². The summed E-state index contributed by atoms with van der Waals surface area (Å²) >= 11 is 0. The molecule has 2 aromatic heterocycles. The number of nitrogen functional groups attached to an aromatic ring is 1. The van der Waals surface area contributed by atoms with E-state index in [1.165, 1.54) is 0 Å². The van der Waals surface area contributed by atoms with Gasteiger partial charge in [-0.1, -0.05) is 0 Å². The molecule has 0 aliphatic carbocycles. The average Bonchev–Trinajstić information content (AvgIpc) is 2.53. The van der Waals surface area contributed by atoms with Crippen molar-refractivity contribution in [2.75, 3.05) is 5.73 Å². The van der Waals surface area contributed by atoms with Gasteiger partial charge in [0.1, 0.15) is 11.5 Å². The number of aryl methyl sites for hydroxylation is 1. The number of anilines is 1. The highest BCUT2D eigenvalue weighted by molar-refractivity contribution is 5.55. The van der Waals surface area contributed by atoms with Crippen LogP contribution in [0.2, 0.25) is 0 Å². The summed E-state index contributed by atoms with van der Waals surface area (Å²) in [4.78, 5) is 7.74. The molecule has 2 heterocycles. The quantitative estimate of drug-likeness (QED) is 0.715. The number of hydrogen-bond donors (Lipinski definition) is 1. The summed E-state index contributed by atoms with van der Waals surface area (Å²) in [6.45, 7) is 1.89. The monoisotopic (exact) mass is 175 g/mol. The number of hydrogen-bond acceptors (Lipinski definition) is 4. The molecule has 4 heteroatoms. The number of nitrogens with two attached hydrogens (primary N) is 1. The molecule has 0 radical (unpaired) electrons. The smallest absolute Gasteiger partial charge is 0.219 e. The second-order valence-corrected chi connectivity index (χ2v) is 2.74. The van der Waals surface area contributed by atoms with E-state index in [9.17, 15) is 0 Å². The van der Waals surface area contributed by atoms with Crippen molar-refractivity contribution >= 4 is 5.95 Å². The molecule has 0 aliphatic rings. The Labute approximate surface area is 75.4 Å². The second-order valence-electron chi connectivity index (χ2n) is 2.74. The van der Waals surface area contributed by atoms with Gasteiger partial charge >= 0.3 is 0 Å². The summed E-state index contributed by atoms with van der Waals surface area (Å²) in [5, 5.41) is 0. The van der Waals surface area contributed by atoms with Gasteiger partial charge in [0, 0.05) is 12.4 Å². The molecule has 0 amide bonds. The summed E-state index contributed by atoms with van der Waals surface area (Å²) in [7, 11) is 0. The van der Waals surface area contributed by atoms with Crippen molar-refractivity contribution < 1.29 is 4.42 Å². The van der Waals surface area contributed by atoms with Gasteiger partial charge in [-0.3, -0.25) is 0 Å². The Hall–Kier alpha value is -1.84. The third kappa shape index (κ3) is 1.51. The Kier molecular flexibility index (Phi) is 1.73. The Morgan fingerprint density at radius 2 is 1.92 bits per heavy atom. The van der Waals surface area contributed by atoms with Crippen molar-refractivity contribution in [3.8, 4) is 11.3 Å². The molecule has 0 unspecified atom stereocenters. The lowest BCUT2D eigenvalue weighted by molar-refractivity contribution is 0.548. The van der Waals surface area contributed by atoms with Crippen LogP contribution in [-0.4, -0.2) is 9.97 Å². The first-order chi connectivity index (χ1) is 6.25. The molecule has 0 fully saturated rings. The van der Waals surface area contributed by atoms with Crippen molar-refractivity contribution in [2.45, 2.75) is 6.92 Å². The minimum atomic E-state index is 0.270. The molecule has 4 nitrogen and oxygen atoms in total. The van der Waals surface area contributed by atoms with Gasteiger partial charge in [0.15, 0.2) is 0 Å². The highest BCUT2D eigenvalue weighted by atomic mass is 16.3. The standard InChI is InChI=1S/C9H9N3O/c1-6-2-3-8(13-6)7-4-11-9(10)12-5-7/h2-5H,1H3,(H2,10,11,12). The summed E-state index contributed by atoms with van der Waals surface area (Å²) < 4.78 is 5.39. The Morgan fingerprint density at radius 3 is 2.46 bits per heavy atom. The van der Waals surface area contributed by atoms with Crippen LogP contribution in [0.3, 0.4) is 0 Å². The zero-order valence-electron chi connectivity index (χ0n) is 7.19. The van der Waals surface area contributed by atoms with Crippen LogP contribution in [0, 0.1) is 6.92 Å². The zero-order chi connectivity index (χ0) is 9.26. The molecule has 0 atom stereocenters. The minimum Gasteiger partial charge on any atom is -0.461 e. The molecular weight excluding hydrogens is 166 g/mol. The lowest BCUT2D eigenvalue weighted by Gasteiger charge is -1.95. The largest absolute Gasteiger partial charge is 0.461 e. The fourth-order valence-electron chi connectivity index (χ4n) is 1.05. The van der Waals surface area contributed by atoms with Gasteiger partial charge in [-0.25, -0.2) is 9.97 Å². The van der Waals surface area contributed by atoms with Gasteiger partial charge < -0.3 is 10.2 Å². The van der Waals surface area contributed by atoms with E-state index in [0.29, 0.717) is 0 Å². The molecular formula is C9H9N3O. The molecule has 2 rings (SSSR count). The molecule has 2 N–H and O–H groups in total. The van der Waals surface area contributed by atoms with Crippen LogP contribution in [-0.2, 0) is 0 Å². The summed E-state index contributed by atoms with van der Waals surface area (Å²) in [6.07, 6.45) is 3.28.